The number of carbonyl (C=O) groups is 2. The summed E-state index contributed by atoms with van der Waals surface area (Å²) in [5.41, 5.74) is 0. The first-order valence-corrected chi connectivity index (χ1v) is 27.9. The summed E-state index contributed by atoms with van der Waals surface area (Å²) in [4.78, 5) is 35.2. The van der Waals surface area contributed by atoms with Crippen molar-refractivity contribution in [3.63, 3.8) is 0 Å². The largest absolute Gasteiger partial charge is 0.472 e. The molecule has 0 bridgehead atoms. The van der Waals surface area contributed by atoms with Gasteiger partial charge in [-0.05, 0) is 44.9 Å². The Balaban J connectivity index is 4.10. The second-order valence-electron chi connectivity index (χ2n) is 17.9. The van der Waals surface area contributed by atoms with Crippen molar-refractivity contribution in [2.24, 2.45) is 0 Å². The monoisotopic (exact) mass is 927 g/mol. The maximum absolute atomic E-state index is 12.7. The number of allylic oxidation sites excluding steroid dienone is 6. The number of aliphatic hydroxyl groups is 2. The Hall–Kier alpha value is -1.81. The summed E-state index contributed by atoms with van der Waals surface area (Å²) in [6.45, 7) is 2.31. The molecular formula is C53H99O10P. The molecular weight excluding hydrogens is 828 g/mol. The van der Waals surface area contributed by atoms with Gasteiger partial charge < -0.3 is 24.6 Å². The molecule has 0 amide bonds. The summed E-state index contributed by atoms with van der Waals surface area (Å²) in [6, 6.07) is 0. The van der Waals surface area contributed by atoms with Gasteiger partial charge in [0.15, 0.2) is 6.10 Å². The first kappa shape index (κ1) is 62.2. The molecule has 0 saturated carbocycles. The molecule has 0 spiro atoms. The first-order chi connectivity index (χ1) is 31.2. The molecule has 10 nitrogen and oxygen atoms in total. The van der Waals surface area contributed by atoms with Gasteiger partial charge in [-0.1, -0.05) is 230 Å². The van der Waals surface area contributed by atoms with Crippen molar-refractivity contribution in [3.05, 3.63) is 36.5 Å². The number of ether oxygens (including phenoxy) is 2. The van der Waals surface area contributed by atoms with Gasteiger partial charge in [0, 0.05) is 12.8 Å². The zero-order chi connectivity index (χ0) is 46.9. The average Bonchev–Trinajstić information content (AvgIpc) is 3.28. The lowest BCUT2D eigenvalue weighted by molar-refractivity contribution is -0.161. The maximum atomic E-state index is 12.7. The zero-order valence-corrected chi connectivity index (χ0v) is 42.2. The molecule has 0 aromatic carbocycles. The second kappa shape index (κ2) is 49.1. The molecule has 0 saturated heterocycles. The van der Waals surface area contributed by atoms with Gasteiger partial charge in [-0.2, -0.15) is 0 Å². The van der Waals surface area contributed by atoms with E-state index in [0.29, 0.717) is 12.8 Å². The molecule has 0 radical (unpaired) electrons. The van der Waals surface area contributed by atoms with Crippen molar-refractivity contribution in [2.75, 3.05) is 26.4 Å². The third kappa shape index (κ3) is 48.1. The van der Waals surface area contributed by atoms with Crippen LogP contribution in [-0.4, -0.2) is 65.7 Å². The summed E-state index contributed by atoms with van der Waals surface area (Å²) < 4.78 is 32.9. The van der Waals surface area contributed by atoms with E-state index in [-0.39, 0.29) is 19.4 Å². The Morgan fingerprint density at radius 3 is 1.30 bits per heavy atom. The Labute approximate surface area is 392 Å². The lowest BCUT2D eigenvalue weighted by Crippen LogP contribution is -2.29. The van der Waals surface area contributed by atoms with Gasteiger partial charge in [-0.15, -0.1) is 0 Å². The van der Waals surface area contributed by atoms with Crippen molar-refractivity contribution in [2.45, 2.75) is 264 Å². The zero-order valence-electron chi connectivity index (χ0n) is 41.3. The Morgan fingerprint density at radius 2 is 0.859 bits per heavy atom. The van der Waals surface area contributed by atoms with Gasteiger partial charge in [0.05, 0.1) is 19.8 Å². The fourth-order valence-electron chi connectivity index (χ4n) is 7.54. The molecule has 0 rings (SSSR count). The van der Waals surface area contributed by atoms with Crippen LogP contribution < -0.4 is 0 Å². The predicted molar refractivity (Wildman–Crippen MR) is 265 cm³/mol. The maximum Gasteiger partial charge on any atom is 0.472 e. The molecule has 3 unspecified atom stereocenters. The minimum atomic E-state index is -4.62. The molecule has 3 atom stereocenters. The van der Waals surface area contributed by atoms with Crippen LogP contribution in [0.3, 0.4) is 0 Å². The number of hydrogen-bond acceptors (Lipinski definition) is 9. The van der Waals surface area contributed by atoms with E-state index < -0.39 is 51.8 Å². The second-order valence-corrected chi connectivity index (χ2v) is 19.3. The quantitative estimate of drug-likeness (QED) is 0.0233. The van der Waals surface area contributed by atoms with Crippen LogP contribution in [0.5, 0.6) is 0 Å². The number of aliphatic hydroxyl groups excluding tert-OH is 2. The molecule has 376 valence electrons. The van der Waals surface area contributed by atoms with E-state index in [2.05, 4.69) is 50.3 Å². The highest BCUT2D eigenvalue weighted by Gasteiger charge is 2.27. The van der Waals surface area contributed by atoms with Crippen LogP contribution in [-0.2, 0) is 32.7 Å². The number of carbonyl (C=O) groups excluding carboxylic acids is 2. The highest BCUT2D eigenvalue weighted by Crippen LogP contribution is 2.43. The summed E-state index contributed by atoms with van der Waals surface area (Å²) in [7, 11) is -4.62. The molecule has 0 aromatic heterocycles. The minimum absolute atomic E-state index is 0.175. The van der Waals surface area contributed by atoms with Crippen LogP contribution in [0.4, 0.5) is 0 Å². The molecule has 0 aromatic rings. The lowest BCUT2D eigenvalue weighted by Gasteiger charge is -2.20. The Bertz CT molecular complexity index is 1160. The van der Waals surface area contributed by atoms with Crippen LogP contribution >= 0.6 is 7.82 Å². The van der Waals surface area contributed by atoms with E-state index >= 15 is 0 Å². The van der Waals surface area contributed by atoms with Crippen LogP contribution in [0.1, 0.15) is 251 Å². The van der Waals surface area contributed by atoms with E-state index in [1.54, 1.807) is 0 Å². The first-order valence-electron chi connectivity index (χ1n) is 26.4. The smallest absolute Gasteiger partial charge is 0.462 e. The molecule has 0 aliphatic heterocycles. The minimum Gasteiger partial charge on any atom is -0.462 e. The van der Waals surface area contributed by atoms with Gasteiger partial charge in [0.1, 0.15) is 12.7 Å². The van der Waals surface area contributed by atoms with Crippen molar-refractivity contribution in [1.82, 2.24) is 0 Å². The van der Waals surface area contributed by atoms with Gasteiger partial charge in [0.25, 0.3) is 0 Å². The van der Waals surface area contributed by atoms with Crippen LogP contribution in [0.25, 0.3) is 0 Å². The highest BCUT2D eigenvalue weighted by molar-refractivity contribution is 7.47. The number of rotatable bonds is 50. The lowest BCUT2D eigenvalue weighted by atomic mass is 10.0. The van der Waals surface area contributed by atoms with Gasteiger partial charge in [-0.25, -0.2) is 4.57 Å². The summed E-state index contributed by atoms with van der Waals surface area (Å²) in [5.74, 6) is -0.924. The standard InChI is InChI=1S/C53H99O10P/c1-3-5-7-9-11-13-15-17-19-21-22-23-24-25-26-27-29-30-32-34-36-38-40-42-44-52(56)60-48-51(49-62-64(58,59)61-47-50(55)46-54)63-53(57)45-43-41-39-37-35-33-31-28-20-18-16-14-12-10-8-6-4-2/h6,8,12,14,18,20,50-51,54-55H,3-5,7,9-11,13,15-17,19,21-49H2,1-2H3,(H,58,59)/b8-6-,14-12-,20-18-. The topological polar surface area (TPSA) is 149 Å². The molecule has 3 N–H and O–H groups in total. The van der Waals surface area contributed by atoms with Crippen LogP contribution in [0.2, 0.25) is 0 Å². The van der Waals surface area contributed by atoms with Crippen molar-refractivity contribution < 1.29 is 47.8 Å². The Kier molecular flexibility index (Phi) is 47.7. The van der Waals surface area contributed by atoms with Crippen LogP contribution in [0.15, 0.2) is 36.5 Å². The average molecular weight is 927 g/mol. The molecule has 0 heterocycles. The van der Waals surface area contributed by atoms with Crippen molar-refractivity contribution >= 4 is 19.8 Å². The van der Waals surface area contributed by atoms with E-state index in [4.69, 9.17) is 23.6 Å². The molecule has 0 aliphatic rings. The van der Waals surface area contributed by atoms with Gasteiger partial charge in [0.2, 0.25) is 0 Å². The summed E-state index contributed by atoms with van der Waals surface area (Å²) in [6.07, 6.45) is 54.1. The number of esters is 2. The summed E-state index contributed by atoms with van der Waals surface area (Å²) in [5, 5.41) is 18.4. The predicted octanol–water partition coefficient (Wildman–Crippen LogP) is 15.1. The van der Waals surface area contributed by atoms with Crippen molar-refractivity contribution in [1.29, 1.82) is 0 Å². The summed E-state index contributed by atoms with van der Waals surface area (Å²) >= 11 is 0. The Morgan fingerprint density at radius 1 is 0.484 bits per heavy atom. The van der Waals surface area contributed by atoms with E-state index in [1.165, 1.54) is 141 Å². The molecule has 0 aliphatic carbocycles. The van der Waals surface area contributed by atoms with E-state index in [0.717, 1.165) is 70.6 Å². The number of phosphoric ester groups is 1. The third-order valence-corrected chi connectivity index (χ3v) is 12.5. The number of hydrogen-bond donors (Lipinski definition) is 3. The number of unbranched alkanes of at least 4 members (excludes halogenated alkanes) is 30. The van der Waals surface area contributed by atoms with E-state index in [9.17, 15) is 24.2 Å². The molecule has 11 heteroatoms. The third-order valence-electron chi connectivity index (χ3n) is 11.6. The number of phosphoric acid groups is 1. The van der Waals surface area contributed by atoms with Crippen molar-refractivity contribution in [3.8, 4) is 0 Å². The highest BCUT2D eigenvalue weighted by atomic mass is 31.2. The normalized spacial score (nSPS) is 13.9. The molecule has 0 fully saturated rings. The van der Waals surface area contributed by atoms with Crippen LogP contribution in [0, 0.1) is 0 Å². The fourth-order valence-corrected chi connectivity index (χ4v) is 8.33. The van der Waals surface area contributed by atoms with Gasteiger partial charge in [-0.3, -0.25) is 18.6 Å². The fraction of sp³-hybridized carbons (Fsp3) is 0.849. The SMILES string of the molecule is CC/C=C\C/C=C\C/C=C\CCCCCCCCCC(=O)OC(COC(=O)CCCCCCCCCCCCCCCCCCCCCCCCCC)COP(=O)(O)OCC(O)CO. The van der Waals surface area contributed by atoms with Gasteiger partial charge >= 0.3 is 19.8 Å². The van der Waals surface area contributed by atoms with E-state index in [1.807, 2.05) is 0 Å². The molecule has 64 heavy (non-hydrogen) atoms.